The van der Waals surface area contributed by atoms with E-state index in [0.29, 0.717) is 27.0 Å². The molecule has 1 aromatic heterocycles. The van der Waals surface area contributed by atoms with E-state index >= 15 is 0 Å². The molecule has 0 bridgehead atoms. The fraction of sp³-hybridized carbons (Fsp3) is 0.235. The van der Waals surface area contributed by atoms with Crippen molar-refractivity contribution in [3.8, 4) is 5.75 Å². The molecule has 3 rings (SSSR count). The largest absolute Gasteiger partial charge is 0.435 e. The summed E-state index contributed by atoms with van der Waals surface area (Å²) >= 11 is 7.62. The number of ether oxygens (including phenoxy) is 1. The van der Waals surface area contributed by atoms with Crippen molar-refractivity contribution in [1.29, 1.82) is 0 Å². The van der Waals surface area contributed by atoms with Crippen LogP contribution >= 0.6 is 23.4 Å². The van der Waals surface area contributed by atoms with Crippen LogP contribution < -0.4 is 9.64 Å². The van der Waals surface area contributed by atoms with E-state index < -0.39 is 6.61 Å². The molecule has 1 heterocycles. The number of hydrogen-bond donors (Lipinski definition) is 1. The highest BCUT2D eigenvalue weighted by Crippen LogP contribution is 2.30. The number of nitrogens with zero attached hydrogens (tertiary/aromatic N) is 2. The van der Waals surface area contributed by atoms with Crippen molar-refractivity contribution in [1.82, 2.24) is 9.97 Å². The molecule has 0 aliphatic heterocycles. The van der Waals surface area contributed by atoms with Crippen molar-refractivity contribution in [2.45, 2.75) is 17.5 Å². The Balaban J connectivity index is 1.78. The first-order valence-electron chi connectivity index (χ1n) is 7.45. The van der Waals surface area contributed by atoms with E-state index in [1.54, 1.807) is 6.07 Å². The molecule has 0 saturated heterocycles. The van der Waals surface area contributed by atoms with Crippen LogP contribution in [0.3, 0.4) is 0 Å². The lowest BCUT2D eigenvalue weighted by Crippen LogP contribution is -2.10. The molecule has 0 radical (unpaired) electrons. The number of aromatic amines is 1. The molecular formula is C17H16ClF2N3OS. The smallest absolute Gasteiger partial charge is 0.387 e. The van der Waals surface area contributed by atoms with Crippen molar-refractivity contribution in [3.05, 3.63) is 47.0 Å². The Labute approximate surface area is 153 Å². The molecule has 8 heteroatoms. The van der Waals surface area contributed by atoms with Gasteiger partial charge in [-0.15, -0.1) is 0 Å². The molecule has 0 aliphatic rings. The fourth-order valence-electron chi connectivity index (χ4n) is 2.46. The Morgan fingerprint density at radius 2 is 2.04 bits per heavy atom. The molecule has 3 aromatic rings. The lowest BCUT2D eigenvalue weighted by Gasteiger charge is -2.17. The van der Waals surface area contributed by atoms with Gasteiger partial charge in [-0.25, -0.2) is 4.98 Å². The maximum absolute atomic E-state index is 12.3. The first-order valence-corrected chi connectivity index (χ1v) is 8.82. The van der Waals surface area contributed by atoms with Crippen LogP contribution in [0, 0.1) is 0 Å². The van der Waals surface area contributed by atoms with Crippen LogP contribution in [0.2, 0.25) is 5.02 Å². The number of aromatic nitrogens is 2. The molecule has 0 saturated carbocycles. The van der Waals surface area contributed by atoms with E-state index in [4.69, 9.17) is 11.6 Å². The second kappa shape index (κ2) is 7.49. The Kier molecular flexibility index (Phi) is 5.34. The number of hydrogen-bond acceptors (Lipinski definition) is 4. The minimum Gasteiger partial charge on any atom is -0.435 e. The molecule has 2 aromatic carbocycles. The molecule has 0 spiro atoms. The van der Waals surface area contributed by atoms with Crippen molar-refractivity contribution >= 4 is 40.1 Å². The summed E-state index contributed by atoms with van der Waals surface area (Å²) in [6, 6.07) is 10.4. The maximum Gasteiger partial charge on any atom is 0.387 e. The molecule has 0 atom stereocenters. The van der Waals surface area contributed by atoms with Gasteiger partial charge in [0.15, 0.2) is 5.16 Å². The summed E-state index contributed by atoms with van der Waals surface area (Å²) < 4.78 is 29.0. The highest BCUT2D eigenvalue weighted by molar-refractivity contribution is 7.98. The second-order valence-electron chi connectivity index (χ2n) is 5.56. The number of fused-ring (bicyclic) bond motifs is 1. The van der Waals surface area contributed by atoms with Gasteiger partial charge in [0, 0.05) is 36.6 Å². The number of alkyl halides is 2. The van der Waals surface area contributed by atoms with Crippen LogP contribution in [0.5, 0.6) is 5.75 Å². The van der Waals surface area contributed by atoms with E-state index in [1.165, 1.54) is 23.9 Å². The van der Waals surface area contributed by atoms with E-state index in [2.05, 4.69) is 14.7 Å². The number of nitrogens with one attached hydrogen (secondary N) is 1. The normalized spacial score (nSPS) is 11.3. The predicted octanol–water partition coefficient (Wildman–Crippen LogP) is 5.18. The minimum atomic E-state index is -2.85. The molecule has 1 N–H and O–H groups in total. The van der Waals surface area contributed by atoms with Gasteiger partial charge in [-0.05, 0) is 35.9 Å². The topological polar surface area (TPSA) is 41.2 Å². The highest BCUT2D eigenvalue weighted by Gasteiger charge is 2.10. The lowest BCUT2D eigenvalue weighted by molar-refractivity contribution is -0.0497. The summed E-state index contributed by atoms with van der Waals surface area (Å²) in [6.07, 6.45) is 0. The quantitative estimate of drug-likeness (QED) is 0.596. The number of anilines is 1. The monoisotopic (exact) mass is 383 g/mol. The summed E-state index contributed by atoms with van der Waals surface area (Å²) in [6.45, 7) is -2.85. The van der Waals surface area contributed by atoms with Gasteiger partial charge < -0.3 is 14.6 Å². The number of halogens is 3. The van der Waals surface area contributed by atoms with Crippen molar-refractivity contribution in [2.75, 3.05) is 19.0 Å². The van der Waals surface area contributed by atoms with Crippen LogP contribution in [-0.4, -0.2) is 30.7 Å². The zero-order valence-electron chi connectivity index (χ0n) is 13.6. The first-order chi connectivity index (χ1) is 11.9. The number of thioether (sulfide) groups is 1. The van der Waals surface area contributed by atoms with Crippen LogP contribution in [0.15, 0.2) is 41.6 Å². The zero-order valence-corrected chi connectivity index (χ0v) is 15.2. The van der Waals surface area contributed by atoms with E-state index in [-0.39, 0.29) is 5.75 Å². The van der Waals surface area contributed by atoms with Gasteiger partial charge in [0.2, 0.25) is 0 Å². The van der Waals surface area contributed by atoms with Crippen molar-refractivity contribution < 1.29 is 13.5 Å². The van der Waals surface area contributed by atoms with Crippen LogP contribution in [0.4, 0.5) is 14.5 Å². The van der Waals surface area contributed by atoms with Crippen molar-refractivity contribution in [2.24, 2.45) is 0 Å². The molecule has 0 amide bonds. The Morgan fingerprint density at radius 1 is 1.24 bits per heavy atom. The van der Waals surface area contributed by atoms with Crippen LogP contribution in [0.25, 0.3) is 11.0 Å². The lowest BCUT2D eigenvalue weighted by atomic mass is 10.2. The third-order valence-electron chi connectivity index (χ3n) is 3.54. The zero-order chi connectivity index (χ0) is 18.0. The molecular weight excluding hydrogens is 368 g/mol. The average Bonchev–Trinajstić information content (AvgIpc) is 2.94. The molecule has 0 aliphatic carbocycles. The number of benzene rings is 2. The fourth-order valence-corrected chi connectivity index (χ4v) is 3.53. The molecule has 0 fully saturated rings. The highest BCUT2D eigenvalue weighted by atomic mass is 35.5. The standard InChI is InChI=1S/C17H16ClF2N3OS/c1-23(2)15-6-3-11(18)7-10(15)9-25-17-21-13-5-4-12(24-16(19)20)8-14(13)22-17/h3-8,16H,9H2,1-2H3,(H,21,22). The van der Waals surface area contributed by atoms with Gasteiger partial charge in [-0.3, -0.25) is 0 Å². The number of H-pyrrole nitrogens is 1. The van der Waals surface area contributed by atoms with E-state index in [9.17, 15) is 8.78 Å². The van der Waals surface area contributed by atoms with Gasteiger partial charge in [0.1, 0.15) is 5.75 Å². The average molecular weight is 384 g/mol. The summed E-state index contributed by atoms with van der Waals surface area (Å²) in [4.78, 5) is 9.61. The first kappa shape index (κ1) is 17.8. The third-order valence-corrected chi connectivity index (χ3v) is 4.70. The number of rotatable bonds is 6. The van der Waals surface area contributed by atoms with E-state index in [0.717, 1.165) is 11.3 Å². The Hall–Kier alpha value is -1.99. The minimum absolute atomic E-state index is 0.104. The van der Waals surface area contributed by atoms with Crippen LogP contribution in [0.1, 0.15) is 5.56 Å². The summed E-state index contributed by atoms with van der Waals surface area (Å²) in [5.74, 6) is 0.779. The SMILES string of the molecule is CN(C)c1ccc(Cl)cc1CSc1nc2ccc(OC(F)F)cc2[nH]1. The Morgan fingerprint density at radius 3 is 2.76 bits per heavy atom. The van der Waals surface area contributed by atoms with Gasteiger partial charge in [0.25, 0.3) is 0 Å². The molecule has 0 unspecified atom stereocenters. The van der Waals surface area contributed by atoms with Crippen molar-refractivity contribution in [3.63, 3.8) is 0 Å². The summed E-state index contributed by atoms with van der Waals surface area (Å²) in [5.41, 5.74) is 3.52. The van der Waals surface area contributed by atoms with Gasteiger partial charge in [-0.2, -0.15) is 8.78 Å². The van der Waals surface area contributed by atoms with Gasteiger partial charge >= 0.3 is 6.61 Å². The van der Waals surface area contributed by atoms with Gasteiger partial charge in [0.05, 0.1) is 11.0 Å². The number of imidazole rings is 1. The summed E-state index contributed by atoms with van der Waals surface area (Å²) in [5, 5.41) is 1.38. The predicted molar refractivity (Wildman–Crippen MR) is 98.1 cm³/mol. The molecule has 25 heavy (non-hydrogen) atoms. The summed E-state index contributed by atoms with van der Waals surface area (Å²) in [7, 11) is 3.95. The Bertz CT molecular complexity index is 885. The maximum atomic E-state index is 12.3. The van der Waals surface area contributed by atoms with Crippen LogP contribution in [-0.2, 0) is 5.75 Å². The van der Waals surface area contributed by atoms with E-state index in [1.807, 2.05) is 37.2 Å². The third kappa shape index (κ3) is 4.35. The second-order valence-corrected chi connectivity index (χ2v) is 6.96. The molecule has 132 valence electrons. The van der Waals surface area contributed by atoms with Gasteiger partial charge in [-0.1, -0.05) is 23.4 Å². The molecule has 4 nitrogen and oxygen atoms in total.